The maximum absolute atomic E-state index is 12.9. The number of esters is 1. The lowest BCUT2D eigenvalue weighted by Crippen LogP contribution is -2.28. The molecule has 24 heavy (non-hydrogen) atoms. The van der Waals surface area contributed by atoms with E-state index in [9.17, 15) is 9.18 Å². The van der Waals surface area contributed by atoms with Gasteiger partial charge in [0, 0.05) is 12.2 Å². The van der Waals surface area contributed by atoms with Crippen LogP contribution in [0.15, 0.2) is 42.5 Å². The molecule has 5 nitrogen and oxygen atoms in total. The van der Waals surface area contributed by atoms with Gasteiger partial charge in [0.15, 0.2) is 5.11 Å². The van der Waals surface area contributed by atoms with Gasteiger partial charge in [-0.25, -0.2) is 9.18 Å². The van der Waals surface area contributed by atoms with Gasteiger partial charge in [0.2, 0.25) is 0 Å². The molecule has 2 aromatic carbocycles. The fourth-order valence-corrected chi connectivity index (χ4v) is 2.22. The molecule has 2 aromatic rings. The minimum atomic E-state index is -0.472. The summed E-state index contributed by atoms with van der Waals surface area (Å²) in [6.07, 6.45) is 0. The van der Waals surface area contributed by atoms with Crippen molar-refractivity contribution in [3.8, 4) is 5.75 Å². The fraction of sp³-hybridized carbons (Fsp3) is 0.176. The summed E-state index contributed by atoms with van der Waals surface area (Å²) in [5, 5.41) is 6.35. The molecule has 0 aromatic heterocycles. The third-order valence-electron chi connectivity index (χ3n) is 3.22. The van der Waals surface area contributed by atoms with Gasteiger partial charge in [0.05, 0.1) is 14.2 Å². The number of hydrogen-bond acceptors (Lipinski definition) is 4. The SMILES string of the molecule is COC(=O)c1cc(CNC(=S)Nc2ccc(F)cc2)ccc1OC. The van der Waals surface area contributed by atoms with E-state index in [1.807, 2.05) is 6.07 Å². The topological polar surface area (TPSA) is 59.6 Å². The van der Waals surface area contributed by atoms with E-state index in [-0.39, 0.29) is 5.82 Å². The molecular formula is C17H17FN2O3S. The van der Waals surface area contributed by atoms with Crippen LogP contribution in [0.2, 0.25) is 0 Å². The second-order valence-electron chi connectivity index (χ2n) is 4.84. The van der Waals surface area contributed by atoms with Crippen molar-refractivity contribution < 1.29 is 18.7 Å². The van der Waals surface area contributed by atoms with Gasteiger partial charge >= 0.3 is 5.97 Å². The van der Waals surface area contributed by atoms with Crippen molar-refractivity contribution in [2.45, 2.75) is 6.54 Å². The first kappa shape index (κ1) is 17.7. The third kappa shape index (κ3) is 4.66. The summed E-state index contributed by atoms with van der Waals surface area (Å²) in [6.45, 7) is 0.404. The number of benzene rings is 2. The molecule has 0 spiro atoms. The van der Waals surface area contributed by atoms with Gasteiger partial charge in [-0.1, -0.05) is 6.07 Å². The van der Waals surface area contributed by atoms with Crippen molar-refractivity contribution >= 4 is 29.0 Å². The molecule has 0 atom stereocenters. The van der Waals surface area contributed by atoms with Gasteiger partial charge in [-0.2, -0.15) is 0 Å². The summed E-state index contributed by atoms with van der Waals surface area (Å²) in [4.78, 5) is 11.8. The summed E-state index contributed by atoms with van der Waals surface area (Å²) >= 11 is 5.19. The Morgan fingerprint density at radius 3 is 2.50 bits per heavy atom. The highest BCUT2D eigenvalue weighted by Crippen LogP contribution is 2.20. The van der Waals surface area contributed by atoms with Crippen LogP contribution in [-0.4, -0.2) is 25.3 Å². The van der Waals surface area contributed by atoms with E-state index in [0.717, 1.165) is 5.56 Å². The van der Waals surface area contributed by atoms with Crippen molar-refractivity contribution in [1.82, 2.24) is 5.32 Å². The predicted molar refractivity (Wildman–Crippen MR) is 93.8 cm³/mol. The maximum atomic E-state index is 12.9. The molecule has 0 amide bonds. The molecule has 0 fully saturated rings. The predicted octanol–water partition coefficient (Wildman–Crippen LogP) is 3.11. The lowest BCUT2D eigenvalue weighted by atomic mass is 10.1. The van der Waals surface area contributed by atoms with Gasteiger partial charge in [-0.05, 0) is 54.2 Å². The zero-order chi connectivity index (χ0) is 17.5. The Kier molecular flexibility index (Phi) is 6.08. The van der Waals surface area contributed by atoms with E-state index in [0.29, 0.717) is 28.7 Å². The number of anilines is 1. The van der Waals surface area contributed by atoms with Crippen LogP contribution < -0.4 is 15.4 Å². The summed E-state index contributed by atoms with van der Waals surface area (Å²) in [5.41, 5.74) is 1.86. The first-order valence-corrected chi connectivity index (χ1v) is 7.50. The molecule has 0 bridgehead atoms. The zero-order valence-electron chi connectivity index (χ0n) is 13.3. The minimum Gasteiger partial charge on any atom is -0.496 e. The highest BCUT2D eigenvalue weighted by atomic mass is 32.1. The van der Waals surface area contributed by atoms with Crippen LogP contribution >= 0.6 is 12.2 Å². The molecule has 126 valence electrons. The van der Waals surface area contributed by atoms with Crippen molar-refractivity contribution in [2.24, 2.45) is 0 Å². The summed E-state index contributed by atoms with van der Waals surface area (Å²) < 4.78 is 22.8. The Hall–Kier alpha value is -2.67. The highest BCUT2D eigenvalue weighted by Gasteiger charge is 2.13. The van der Waals surface area contributed by atoms with Gasteiger partial charge in [-0.3, -0.25) is 0 Å². The van der Waals surface area contributed by atoms with Crippen molar-refractivity contribution in [3.63, 3.8) is 0 Å². The number of halogens is 1. The molecule has 0 saturated carbocycles. The molecule has 0 aliphatic heterocycles. The Balaban J connectivity index is 1.99. The number of nitrogens with one attached hydrogen (secondary N) is 2. The summed E-state index contributed by atoms with van der Waals surface area (Å²) in [5.74, 6) is -0.341. The molecule has 0 saturated heterocycles. The molecule has 0 radical (unpaired) electrons. The van der Waals surface area contributed by atoms with Gasteiger partial charge in [0.25, 0.3) is 0 Å². The summed E-state index contributed by atoms with van der Waals surface area (Å²) in [6, 6.07) is 11.1. The fourth-order valence-electron chi connectivity index (χ4n) is 2.03. The molecule has 0 heterocycles. The molecule has 2 rings (SSSR count). The van der Waals surface area contributed by atoms with E-state index < -0.39 is 5.97 Å². The zero-order valence-corrected chi connectivity index (χ0v) is 14.1. The number of ether oxygens (including phenoxy) is 2. The van der Waals surface area contributed by atoms with E-state index >= 15 is 0 Å². The largest absolute Gasteiger partial charge is 0.496 e. The number of carbonyl (C=O) groups is 1. The molecular weight excluding hydrogens is 331 g/mol. The third-order valence-corrected chi connectivity index (χ3v) is 3.47. The standard InChI is InChI=1S/C17H17FN2O3S/c1-22-15-8-3-11(9-14(15)16(21)23-2)10-19-17(24)20-13-6-4-12(18)5-7-13/h3-9H,10H2,1-2H3,(H2,19,20,24). The van der Waals surface area contributed by atoms with Crippen LogP contribution in [0.5, 0.6) is 5.75 Å². The number of methoxy groups -OCH3 is 2. The van der Waals surface area contributed by atoms with E-state index in [1.165, 1.54) is 26.4 Å². The molecule has 0 unspecified atom stereocenters. The Morgan fingerprint density at radius 1 is 1.17 bits per heavy atom. The van der Waals surface area contributed by atoms with Crippen molar-refractivity contribution in [1.29, 1.82) is 0 Å². The smallest absolute Gasteiger partial charge is 0.341 e. The van der Waals surface area contributed by atoms with Crippen LogP contribution in [0.4, 0.5) is 10.1 Å². The molecule has 0 aliphatic rings. The average Bonchev–Trinajstić information content (AvgIpc) is 2.61. The van der Waals surface area contributed by atoms with E-state index in [1.54, 1.807) is 24.3 Å². The quantitative estimate of drug-likeness (QED) is 0.640. The van der Waals surface area contributed by atoms with Crippen molar-refractivity contribution in [3.05, 3.63) is 59.4 Å². The average molecular weight is 348 g/mol. The van der Waals surface area contributed by atoms with Crippen LogP contribution in [0, 0.1) is 5.82 Å². The Morgan fingerprint density at radius 2 is 1.88 bits per heavy atom. The molecule has 0 aliphatic carbocycles. The van der Waals surface area contributed by atoms with E-state index in [4.69, 9.17) is 21.7 Å². The first-order valence-electron chi connectivity index (χ1n) is 7.09. The number of rotatable bonds is 5. The lowest BCUT2D eigenvalue weighted by molar-refractivity contribution is 0.0597. The number of carbonyl (C=O) groups excluding carboxylic acids is 1. The minimum absolute atomic E-state index is 0.312. The van der Waals surface area contributed by atoms with Crippen LogP contribution in [-0.2, 0) is 11.3 Å². The van der Waals surface area contributed by atoms with Crippen LogP contribution in [0.3, 0.4) is 0 Å². The Labute approximate surface area is 144 Å². The number of thiocarbonyl (C=S) groups is 1. The maximum Gasteiger partial charge on any atom is 0.341 e. The van der Waals surface area contributed by atoms with Crippen molar-refractivity contribution in [2.75, 3.05) is 19.5 Å². The highest BCUT2D eigenvalue weighted by molar-refractivity contribution is 7.80. The van der Waals surface area contributed by atoms with Gasteiger partial charge < -0.3 is 20.1 Å². The monoisotopic (exact) mass is 348 g/mol. The Bertz CT molecular complexity index is 735. The van der Waals surface area contributed by atoms with Gasteiger partial charge in [0.1, 0.15) is 17.1 Å². The second-order valence-corrected chi connectivity index (χ2v) is 5.25. The second kappa shape index (κ2) is 8.26. The summed E-state index contributed by atoms with van der Waals surface area (Å²) in [7, 11) is 2.80. The lowest BCUT2D eigenvalue weighted by Gasteiger charge is -2.12. The van der Waals surface area contributed by atoms with Crippen LogP contribution in [0.25, 0.3) is 0 Å². The normalized spacial score (nSPS) is 9.96. The number of hydrogen-bond donors (Lipinski definition) is 2. The van der Waals surface area contributed by atoms with E-state index in [2.05, 4.69) is 10.6 Å². The van der Waals surface area contributed by atoms with Crippen LogP contribution in [0.1, 0.15) is 15.9 Å². The molecule has 7 heteroatoms. The van der Waals surface area contributed by atoms with Gasteiger partial charge in [-0.15, -0.1) is 0 Å². The first-order chi connectivity index (χ1) is 11.5. The molecule has 2 N–H and O–H groups in total.